The quantitative estimate of drug-likeness (QED) is 0.273. The fourth-order valence-corrected chi connectivity index (χ4v) is 4.13. The molecule has 2 aromatic heterocycles. The first kappa shape index (κ1) is 25.9. The summed E-state index contributed by atoms with van der Waals surface area (Å²) in [7, 11) is 0. The van der Waals surface area contributed by atoms with Crippen molar-refractivity contribution in [3.63, 3.8) is 0 Å². The lowest BCUT2D eigenvalue weighted by atomic mass is 9.94. The summed E-state index contributed by atoms with van der Waals surface area (Å²) in [5, 5.41) is 32.0. The third-order valence-electron chi connectivity index (χ3n) is 6.72. The number of hydrogen-bond acceptors (Lipinski definition) is 7. The first-order valence-corrected chi connectivity index (χ1v) is 12.3. The van der Waals surface area contributed by atoms with E-state index in [2.05, 4.69) is 21.4 Å². The Hall–Kier alpha value is -4.16. The van der Waals surface area contributed by atoms with Gasteiger partial charge in [-0.1, -0.05) is 19.9 Å². The molecule has 4 rings (SSSR count). The lowest BCUT2D eigenvalue weighted by Crippen LogP contribution is -2.38. The summed E-state index contributed by atoms with van der Waals surface area (Å²) in [6.45, 7) is 4.27. The maximum absolute atomic E-state index is 14.7. The van der Waals surface area contributed by atoms with E-state index in [1.54, 1.807) is 18.3 Å². The van der Waals surface area contributed by atoms with Gasteiger partial charge in [-0.05, 0) is 49.4 Å². The number of aliphatic hydroxyl groups excluding tert-OH is 1. The van der Waals surface area contributed by atoms with Gasteiger partial charge in [-0.3, -0.25) is 14.3 Å². The molecule has 0 unspecified atom stereocenters. The van der Waals surface area contributed by atoms with E-state index in [0.717, 1.165) is 24.5 Å². The number of benzene rings is 1. The Morgan fingerprint density at radius 3 is 2.70 bits per heavy atom. The van der Waals surface area contributed by atoms with Crippen LogP contribution in [0.3, 0.4) is 0 Å². The van der Waals surface area contributed by atoms with Crippen molar-refractivity contribution in [3.05, 3.63) is 88.0 Å². The number of pyridine rings is 1. The molecule has 0 bridgehead atoms. The van der Waals surface area contributed by atoms with Crippen molar-refractivity contribution < 1.29 is 9.50 Å². The molecule has 0 atom stereocenters. The third-order valence-corrected chi connectivity index (χ3v) is 6.72. The molecule has 0 spiro atoms. The molecule has 8 nitrogen and oxygen atoms in total. The van der Waals surface area contributed by atoms with Crippen LogP contribution in [0.15, 0.2) is 59.8 Å². The van der Waals surface area contributed by atoms with Gasteiger partial charge in [-0.15, -0.1) is 0 Å². The number of hydrogen-bond donors (Lipinski definition) is 3. The van der Waals surface area contributed by atoms with E-state index in [-0.39, 0.29) is 28.3 Å². The third kappa shape index (κ3) is 5.65. The highest BCUT2D eigenvalue weighted by atomic mass is 19.1. The molecule has 0 saturated heterocycles. The standard InChI is InChI=1S/C28H29FN6O2/c1-3-28(4-2,17-30)35-16-19(6-10-27(35)37)24-14-32-15-25(34-24)26(36)12-23(31)21-9-5-18(11-22(21)29)13-33-20-7-8-20/h5-6,9-12,14-16,20,31,33,36H,3-4,7-8,13H2,1-2H3/b26-12-,31-23?. The minimum atomic E-state index is -0.983. The Bertz CT molecular complexity index is 1450. The number of halogens is 1. The highest BCUT2D eigenvalue weighted by molar-refractivity contribution is 6.09. The van der Waals surface area contributed by atoms with Crippen molar-refractivity contribution in [2.45, 2.75) is 57.7 Å². The van der Waals surface area contributed by atoms with Gasteiger partial charge in [0.25, 0.3) is 5.56 Å². The molecule has 0 aliphatic heterocycles. The molecular formula is C28H29FN6O2. The molecule has 1 saturated carbocycles. The molecule has 190 valence electrons. The Kier molecular flexibility index (Phi) is 7.60. The maximum atomic E-state index is 14.7. The second-order valence-corrected chi connectivity index (χ2v) is 9.18. The summed E-state index contributed by atoms with van der Waals surface area (Å²) in [5.74, 6) is -0.890. The first-order valence-electron chi connectivity index (χ1n) is 12.3. The topological polar surface area (TPSA) is 128 Å². The normalized spacial score (nSPS) is 13.8. The van der Waals surface area contributed by atoms with Gasteiger partial charge < -0.3 is 15.8 Å². The molecule has 0 radical (unpaired) electrons. The summed E-state index contributed by atoms with van der Waals surface area (Å²) < 4.78 is 16.1. The number of aromatic nitrogens is 3. The Morgan fingerprint density at radius 1 is 1.30 bits per heavy atom. The molecule has 1 aromatic carbocycles. The Labute approximate surface area is 214 Å². The van der Waals surface area contributed by atoms with Crippen LogP contribution >= 0.6 is 0 Å². The van der Waals surface area contributed by atoms with Crippen LogP contribution in [0, 0.1) is 22.6 Å². The Morgan fingerprint density at radius 2 is 2.05 bits per heavy atom. The van der Waals surface area contributed by atoms with Crippen LogP contribution in [0.4, 0.5) is 4.39 Å². The minimum Gasteiger partial charge on any atom is -0.506 e. The van der Waals surface area contributed by atoms with Gasteiger partial charge >= 0.3 is 0 Å². The zero-order valence-corrected chi connectivity index (χ0v) is 20.8. The highest BCUT2D eigenvalue weighted by Gasteiger charge is 2.29. The van der Waals surface area contributed by atoms with Crippen LogP contribution in [0.2, 0.25) is 0 Å². The molecule has 3 aromatic rings. The SMILES string of the molecule is CCC(C#N)(CC)n1cc(-c2cncc(/C(O)=C/C(=N)c3ccc(CNC4CC4)cc3F)n2)ccc1=O. The monoisotopic (exact) mass is 500 g/mol. The number of aliphatic hydroxyl groups is 1. The average molecular weight is 501 g/mol. The second-order valence-electron chi connectivity index (χ2n) is 9.18. The van der Waals surface area contributed by atoms with E-state index in [4.69, 9.17) is 5.41 Å². The number of nitrogens with zero attached hydrogens (tertiary/aromatic N) is 4. The van der Waals surface area contributed by atoms with Crippen molar-refractivity contribution >= 4 is 11.5 Å². The molecule has 1 fully saturated rings. The summed E-state index contributed by atoms with van der Waals surface area (Å²) >= 11 is 0. The molecule has 1 aliphatic carbocycles. The lowest BCUT2D eigenvalue weighted by molar-refractivity contribution is 0.345. The van der Waals surface area contributed by atoms with Gasteiger partial charge in [0.2, 0.25) is 0 Å². The summed E-state index contributed by atoms with van der Waals surface area (Å²) in [6, 6.07) is 10.4. The van der Waals surface area contributed by atoms with Crippen LogP contribution < -0.4 is 10.9 Å². The summed E-state index contributed by atoms with van der Waals surface area (Å²) in [5.41, 5.74) is 0.361. The second kappa shape index (κ2) is 10.8. The van der Waals surface area contributed by atoms with Gasteiger partial charge in [-0.25, -0.2) is 9.37 Å². The molecule has 9 heteroatoms. The largest absolute Gasteiger partial charge is 0.506 e. The van der Waals surface area contributed by atoms with Crippen molar-refractivity contribution in [1.82, 2.24) is 19.9 Å². The predicted octanol–water partition coefficient (Wildman–Crippen LogP) is 4.70. The van der Waals surface area contributed by atoms with Crippen LogP contribution in [-0.4, -0.2) is 31.4 Å². The van der Waals surface area contributed by atoms with Crippen LogP contribution in [-0.2, 0) is 12.1 Å². The minimum absolute atomic E-state index is 0.0601. The van der Waals surface area contributed by atoms with Gasteiger partial charge in [0.15, 0.2) is 0 Å². The fraction of sp³-hybridized carbons (Fsp3) is 0.321. The number of rotatable bonds is 10. The highest BCUT2D eigenvalue weighted by Crippen LogP contribution is 2.25. The molecule has 0 amide bonds. The first-order chi connectivity index (χ1) is 17.8. The lowest BCUT2D eigenvalue weighted by Gasteiger charge is -2.26. The predicted molar refractivity (Wildman–Crippen MR) is 140 cm³/mol. The van der Waals surface area contributed by atoms with Gasteiger partial charge in [-0.2, -0.15) is 5.26 Å². The van der Waals surface area contributed by atoms with Crippen molar-refractivity contribution in [2.24, 2.45) is 0 Å². The smallest absolute Gasteiger partial charge is 0.251 e. The number of allylic oxidation sites excluding steroid dienone is 1. The van der Waals surface area contributed by atoms with E-state index in [0.29, 0.717) is 36.7 Å². The molecular weight excluding hydrogens is 471 g/mol. The van der Waals surface area contributed by atoms with Crippen LogP contribution in [0.1, 0.15) is 56.4 Å². The van der Waals surface area contributed by atoms with E-state index in [1.807, 2.05) is 13.8 Å². The van der Waals surface area contributed by atoms with Crippen LogP contribution in [0.25, 0.3) is 17.0 Å². The zero-order chi connectivity index (χ0) is 26.6. The maximum Gasteiger partial charge on any atom is 0.251 e. The van der Waals surface area contributed by atoms with E-state index < -0.39 is 11.4 Å². The molecule has 37 heavy (non-hydrogen) atoms. The molecule has 1 aliphatic rings. The number of nitriles is 1. The van der Waals surface area contributed by atoms with Crippen molar-refractivity contribution in [1.29, 1.82) is 10.7 Å². The van der Waals surface area contributed by atoms with E-state index >= 15 is 0 Å². The van der Waals surface area contributed by atoms with E-state index in [9.17, 15) is 19.6 Å². The van der Waals surface area contributed by atoms with Gasteiger partial charge in [0.05, 0.1) is 29.9 Å². The average Bonchev–Trinajstić information content (AvgIpc) is 3.74. The van der Waals surface area contributed by atoms with Crippen molar-refractivity contribution in [3.8, 4) is 17.3 Å². The Balaban J connectivity index is 1.59. The summed E-state index contributed by atoms with van der Waals surface area (Å²) in [4.78, 5) is 21.1. The van der Waals surface area contributed by atoms with Crippen LogP contribution in [0.5, 0.6) is 0 Å². The summed E-state index contributed by atoms with van der Waals surface area (Å²) in [6.07, 6.45) is 8.70. The number of nitrogens with one attached hydrogen (secondary N) is 2. The van der Waals surface area contributed by atoms with Gasteiger partial charge in [0, 0.05) is 42.1 Å². The molecule has 3 N–H and O–H groups in total. The van der Waals surface area contributed by atoms with E-state index in [1.165, 1.54) is 35.2 Å². The van der Waals surface area contributed by atoms with Gasteiger partial charge in [0.1, 0.15) is 22.8 Å². The molecule has 2 heterocycles. The fourth-order valence-electron chi connectivity index (χ4n) is 4.13. The van der Waals surface area contributed by atoms with Crippen molar-refractivity contribution in [2.75, 3.05) is 0 Å². The zero-order valence-electron chi connectivity index (χ0n) is 20.8.